The number of rotatable bonds is 2. The highest BCUT2D eigenvalue weighted by molar-refractivity contribution is 6.30. The molecule has 0 heterocycles. The maximum Gasteiger partial charge on any atom is 0.0409 e. The molecule has 0 bridgehead atoms. The fourth-order valence-corrected chi connectivity index (χ4v) is 2.84. The summed E-state index contributed by atoms with van der Waals surface area (Å²) in [5.41, 5.74) is 12.1. The van der Waals surface area contributed by atoms with Gasteiger partial charge in [-0.25, -0.2) is 0 Å². The zero-order chi connectivity index (χ0) is 16.2. The number of halogens is 1. The maximum atomic E-state index is 5.74. The Kier molecular flexibility index (Phi) is 4.80. The third-order valence-electron chi connectivity index (χ3n) is 4.20. The predicted molar refractivity (Wildman–Crippen MR) is 98.7 cm³/mol. The van der Waals surface area contributed by atoms with Crippen LogP contribution in [0.1, 0.15) is 29.5 Å². The van der Waals surface area contributed by atoms with Crippen LogP contribution in [0.2, 0.25) is 5.02 Å². The average Bonchev–Trinajstić information content (AvgIpc) is 3.25. The number of benzene rings is 3. The molecule has 0 aromatic heterocycles. The quantitative estimate of drug-likeness (QED) is 0.651. The highest BCUT2D eigenvalue weighted by Gasteiger charge is 2.26. The molecule has 0 amide bonds. The lowest BCUT2D eigenvalue weighted by molar-refractivity contribution is 1.07. The first-order chi connectivity index (χ1) is 11.2. The predicted octanol–water partition coefficient (Wildman–Crippen LogP) is 5.62. The summed E-state index contributed by atoms with van der Waals surface area (Å²) in [7, 11) is 0. The van der Waals surface area contributed by atoms with Crippen molar-refractivity contribution in [3.63, 3.8) is 0 Å². The van der Waals surface area contributed by atoms with Crippen molar-refractivity contribution in [1.29, 1.82) is 0 Å². The van der Waals surface area contributed by atoms with E-state index >= 15 is 0 Å². The van der Waals surface area contributed by atoms with Crippen molar-refractivity contribution in [3.05, 3.63) is 94.5 Å². The SMILES string of the molecule is CC1c2ccc(Cl)cc21.NCc1ccc(-c2ccccc2)cc1. The van der Waals surface area contributed by atoms with Crippen LogP contribution < -0.4 is 5.73 Å². The molecule has 0 spiro atoms. The van der Waals surface area contributed by atoms with Gasteiger partial charge < -0.3 is 5.73 Å². The third-order valence-corrected chi connectivity index (χ3v) is 4.43. The lowest BCUT2D eigenvalue weighted by Gasteiger charge is -2.02. The van der Waals surface area contributed by atoms with Gasteiger partial charge in [-0.15, -0.1) is 0 Å². The summed E-state index contributed by atoms with van der Waals surface area (Å²) < 4.78 is 0. The van der Waals surface area contributed by atoms with Gasteiger partial charge in [-0.05, 0) is 39.9 Å². The molecule has 0 saturated carbocycles. The molecule has 1 atom stereocenters. The van der Waals surface area contributed by atoms with Gasteiger partial charge in [-0.2, -0.15) is 0 Å². The topological polar surface area (TPSA) is 26.0 Å². The molecule has 2 heteroatoms. The smallest absolute Gasteiger partial charge is 0.0409 e. The normalized spacial score (nSPS) is 14.5. The van der Waals surface area contributed by atoms with Gasteiger partial charge in [0, 0.05) is 17.5 Å². The van der Waals surface area contributed by atoms with Crippen molar-refractivity contribution >= 4 is 11.6 Å². The third kappa shape index (κ3) is 3.82. The second-order valence-corrected chi connectivity index (χ2v) is 6.20. The van der Waals surface area contributed by atoms with Gasteiger partial charge in [0.2, 0.25) is 0 Å². The van der Waals surface area contributed by atoms with Gasteiger partial charge in [0.15, 0.2) is 0 Å². The number of hydrogen-bond donors (Lipinski definition) is 1. The lowest BCUT2D eigenvalue weighted by atomic mass is 10.0. The van der Waals surface area contributed by atoms with Crippen molar-refractivity contribution in [1.82, 2.24) is 0 Å². The zero-order valence-electron chi connectivity index (χ0n) is 13.2. The summed E-state index contributed by atoms with van der Waals surface area (Å²) in [5.74, 6) is 0.678. The Morgan fingerprint density at radius 2 is 1.48 bits per heavy atom. The molecule has 1 aliphatic carbocycles. The minimum atomic E-state index is 0.606. The molecule has 3 aromatic rings. The van der Waals surface area contributed by atoms with Crippen molar-refractivity contribution in [2.24, 2.45) is 5.73 Å². The molecule has 4 rings (SSSR count). The van der Waals surface area contributed by atoms with E-state index in [1.165, 1.54) is 27.8 Å². The second-order valence-electron chi connectivity index (χ2n) is 5.76. The van der Waals surface area contributed by atoms with Crippen LogP contribution in [-0.2, 0) is 6.54 Å². The van der Waals surface area contributed by atoms with Crippen LogP contribution in [0, 0.1) is 0 Å². The first-order valence-electron chi connectivity index (χ1n) is 7.83. The van der Waals surface area contributed by atoms with Crippen LogP contribution in [0.3, 0.4) is 0 Å². The molecule has 0 fully saturated rings. The fourth-order valence-electron chi connectivity index (χ4n) is 2.66. The van der Waals surface area contributed by atoms with E-state index in [0.29, 0.717) is 12.5 Å². The van der Waals surface area contributed by atoms with Crippen molar-refractivity contribution in [3.8, 4) is 11.1 Å². The Morgan fingerprint density at radius 3 is 2.04 bits per heavy atom. The van der Waals surface area contributed by atoms with Crippen molar-refractivity contribution in [2.75, 3.05) is 0 Å². The molecule has 2 N–H and O–H groups in total. The van der Waals surface area contributed by atoms with Crippen LogP contribution in [-0.4, -0.2) is 0 Å². The average molecular weight is 322 g/mol. The van der Waals surface area contributed by atoms with E-state index in [9.17, 15) is 0 Å². The molecular formula is C21H20ClN. The van der Waals surface area contributed by atoms with Gasteiger partial charge in [-0.3, -0.25) is 0 Å². The van der Waals surface area contributed by atoms with E-state index in [2.05, 4.69) is 49.4 Å². The minimum Gasteiger partial charge on any atom is -0.326 e. The summed E-state index contributed by atoms with van der Waals surface area (Å²) in [6, 6.07) is 24.8. The molecule has 23 heavy (non-hydrogen) atoms. The van der Waals surface area contributed by atoms with E-state index in [1.54, 1.807) is 0 Å². The van der Waals surface area contributed by atoms with Crippen LogP contribution in [0.5, 0.6) is 0 Å². The van der Waals surface area contributed by atoms with Crippen LogP contribution in [0.25, 0.3) is 11.1 Å². The molecule has 1 nitrogen and oxygen atoms in total. The first kappa shape index (κ1) is 15.8. The fraction of sp³-hybridized carbons (Fsp3) is 0.143. The summed E-state index contributed by atoms with van der Waals surface area (Å²) >= 11 is 5.74. The van der Waals surface area contributed by atoms with Gasteiger partial charge in [0.05, 0.1) is 0 Å². The molecular weight excluding hydrogens is 302 g/mol. The zero-order valence-corrected chi connectivity index (χ0v) is 13.9. The largest absolute Gasteiger partial charge is 0.326 e. The van der Waals surface area contributed by atoms with Crippen molar-refractivity contribution < 1.29 is 0 Å². The van der Waals surface area contributed by atoms with E-state index in [-0.39, 0.29) is 0 Å². The Hall–Kier alpha value is -2.09. The standard InChI is InChI=1S/C13H13N.C8H7Cl/c14-10-11-6-8-13(9-7-11)12-4-2-1-3-5-12;1-5-7-3-2-6(9)4-8(5)7/h1-9H,10,14H2;2-5H,1H3. The lowest BCUT2D eigenvalue weighted by Crippen LogP contribution is -1.95. The van der Waals surface area contributed by atoms with Gasteiger partial charge in [0.25, 0.3) is 0 Å². The van der Waals surface area contributed by atoms with Crippen LogP contribution in [0.4, 0.5) is 0 Å². The molecule has 0 saturated heterocycles. The summed E-state index contributed by atoms with van der Waals surface area (Å²) in [5, 5.41) is 0.859. The molecule has 0 aliphatic heterocycles. The number of fused-ring (bicyclic) bond motifs is 1. The minimum absolute atomic E-state index is 0.606. The summed E-state index contributed by atoms with van der Waals surface area (Å²) in [6.07, 6.45) is 0. The molecule has 3 aromatic carbocycles. The van der Waals surface area contributed by atoms with Crippen LogP contribution >= 0.6 is 11.6 Å². The Labute approximate surface area is 142 Å². The van der Waals surface area contributed by atoms with Crippen LogP contribution in [0.15, 0.2) is 72.8 Å². The maximum absolute atomic E-state index is 5.74. The van der Waals surface area contributed by atoms with Gasteiger partial charge >= 0.3 is 0 Å². The monoisotopic (exact) mass is 321 g/mol. The highest BCUT2D eigenvalue weighted by atomic mass is 35.5. The van der Waals surface area contributed by atoms with Gasteiger partial charge in [-0.1, -0.05) is 79.2 Å². The first-order valence-corrected chi connectivity index (χ1v) is 8.20. The molecule has 0 radical (unpaired) electrons. The Bertz CT molecular complexity index is 779. The summed E-state index contributed by atoms with van der Waals surface area (Å²) in [6.45, 7) is 2.80. The van der Waals surface area contributed by atoms with Gasteiger partial charge in [0.1, 0.15) is 0 Å². The van der Waals surface area contributed by atoms with Crippen molar-refractivity contribution in [2.45, 2.75) is 19.4 Å². The number of hydrogen-bond acceptors (Lipinski definition) is 1. The van der Waals surface area contributed by atoms with E-state index in [0.717, 1.165) is 5.02 Å². The molecule has 1 aliphatic rings. The van der Waals surface area contributed by atoms with E-state index in [1.807, 2.05) is 30.3 Å². The second kappa shape index (κ2) is 6.99. The Balaban J connectivity index is 0.000000149. The van der Waals surface area contributed by atoms with E-state index < -0.39 is 0 Å². The van der Waals surface area contributed by atoms with E-state index in [4.69, 9.17) is 17.3 Å². The summed E-state index contributed by atoms with van der Waals surface area (Å²) in [4.78, 5) is 0. The molecule has 116 valence electrons. The molecule has 1 unspecified atom stereocenters. The highest BCUT2D eigenvalue weighted by Crippen LogP contribution is 2.43. The number of nitrogens with two attached hydrogens (primary N) is 1. The Morgan fingerprint density at radius 1 is 0.826 bits per heavy atom.